The van der Waals surface area contributed by atoms with E-state index >= 15 is 0 Å². The number of allylic oxidation sites excluding steroid dienone is 1. The molecule has 0 radical (unpaired) electrons. The second-order valence-electron chi connectivity index (χ2n) is 11.3. The fourth-order valence-electron chi connectivity index (χ4n) is 5.32. The van der Waals surface area contributed by atoms with Crippen molar-refractivity contribution in [1.82, 2.24) is 14.0 Å². The number of rotatable bonds is 13. The molecule has 0 atom stereocenters. The molecule has 1 saturated heterocycles. The molecule has 0 unspecified atom stereocenters. The zero-order valence-corrected chi connectivity index (χ0v) is 30.5. The Hall–Kier alpha value is -5.85. The molecule has 0 aliphatic carbocycles. The topological polar surface area (TPSA) is 292 Å². The van der Waals surface area contributed by atoms with Crippen molar-refractivity contribution in [3.63, 3.8) is 0 Å². The first kappa shape index (κ1) is 39.4. The van der Waals surface area contributed by atoms with Crippen LogP contribution in [0.3, 0.4) is 0 Å². The van der Waals surface area contributed by atoms with Gasteiger partial charge in [-0.2, -0.15) is 8.42 Å². The zero-order valence-electron chi connectivity index (χ0n) is 28.1. The summed E-state index contributed by atoms with van der Waals surface area (Å²) >= 11 is 0.747. The molecule has 0 saturated carbocycles. The van der Waals surface area contributed by atoms with Crippen LogP contribution in [0.15, 0.2) is 38.1 Å². The van der Waals surface area contributed by atoms with Gasteiger partial charge in [0.1, 0.15) is 29.2 Å². The smallest absolute Gasteiger partial charge is 0.323 e. The number of methoxy groups -OCH3 is 2. The van der Waals surface area contributed by atoms with Crippen LogP contribution in [0.1, 0.15) is 13.3 Å². The maximum absolute atomic E-state index is 13.8. The fraction of sp³-hybridized carbons (Fsp3) is 0.300. The van der Waals surface area contributed by atoms with Crippen LogP contribution in [0.4, 0.5) is 10.5 Å². The van der Waals surface area contributed by atoms with E-state index in [1.807, 2.05) is 0 Å². The van der Waals surface area contributed by atoms with Crippen LogP contribution >= 0.6 is 23.1 Å². The van der Waals surface area contributed by atoms with Gasteiger partial charge in [-0.15, -0.1) is 11.3 Å². The Morgan fingerprint density at radius 1 is 0.889 bits per heavy atom. The Labute approximate surface area is 309 Å². The number of carboxylic acids is 3. The van der Waals surface area contributed by atoms with Crippen molar-refractivity contribution < 1.29 is 70.9 Å². The third-order valence-electron chi connectivity index (χ3n) is 7.60. The first-order valence-corrected chi connectivity index (χ1v) is 18.4. The number of carboxylic acid groups (broad SMARTS) is 3. The first-order chi connectivity index (χ1) is 25.3. The summed E-state index contributed by atoms with van der Waals surface area (Å²) in [6.45, 7) is -1.75. The number of thiazole rings is 1. The molecule has 0 bridgehead atoms. The molecule has 4 heterocycles. The molecule has 2 aromatic heterocycles. The number of imide groups is 1. The third-order valence-corrected chi connectivity index (χ3v) is 10.7. The second kappa shape index (κ2) is 15.2. The van der Waals surface area contributed by atoms with Gasteiger partial charge in [0.2, 0.25) is 16.8 Å². The summed E-state index contributed by atoms with van der Waals surface area (Å²) in [6.07, 6.45) is 1.29. The number of ether oxygens (including phenoxy) is 3. The Morgan fingerprint density at radius 2 is 1.50 bits per heavy atom. The average Bonchev–Trinajstić information content (AvgIpc) is 3.77. The van der Waals surface area contributed by atoms with Crippen LogP contribution in [0, 0.1) is 10.1 Å². The first-order valence-electron chi connectivity index (χ1n) is 15.1. The molecule has 3 aromatic rings. The molecule has 54 heavy (non-hydrogen) atoms. The third kappa shape index (κ3) is 7.90. The number of thioether (sulfide) groups is 1. The number of fused-ring (bicyclic) bond motifs is 1. The number of oxazole rings is 1. The minimum absolute atomic E-state index is 0.0272. The zero-order chi connectivity index (χ0) is 39.8. The molecular formula is C30H28N4O17S3. The SMILES string of the molecule is COc1cc2c(cc1OC)N(CCCS(=O)(=O)O)C(=CC(C)=c1s/c(=c3/oc(=C4SC(=O)N(CC(=O)O)C4=O)n(CC(=O)O)c3=O)n(CC(=O)O)c1=O)O2. The van der Waals surface area contributed by atoms with Crippen LogP contribution in [0.2, 0.25) is 0 Å². The van der Waals surface area contributed by atoms with Crippen molar-refractivity contribution in [2.45, 2.75) is 26.4 Å². The monoisotopic (exact) mass is 812 g/mol. The molecule has 288 valence electrons. The van der Waals surface area contributed by atoms with Gasteiger partial charge in [-0.1, -0.05) is 0 Å². The molecule has 4 N–H and O–H groups in total. The number of carbonyl (C=O) groups is 5. The second-order valence-corrected chi connectivity index (χ2v) is 14.8. The molecule has 5 rings (SSSR count). The van der Waals surface area contributed by atoms with Crippen LogP contribution in [0.5, 0.6) is 17.2 Å². The van der Waals surface area contributed by atoms with Crippen molar-refractivity contribution in [2.24, 2.45) is 0 Å². The highest BCUT2D eigenvalue weighted by molar-refractivity contribution is 8.22. The summed E-state index contributed by atoms with van der Waals surface area (Å²) in [4.78, 5) is 89.1. The highest BCUT2D eigenvalue weighted by Crippen LogP contribution is 2.46. The highest BCUT2D eigenvalue weighted by atomic mass is 32.2. The molecular weight excluding hydrogens is 785 g/mol. The lowest BCUT2D eigenvalue weighted by molar-refractivity contribution is -0.140. The van der Waals surface area contributed by atoms with Crippen molar-refractivity contribution in [1.29, 1.82) is 0 Å². The summed E-state index contributed by atoms with van der Waals surface area (Å²) in [5, 5.41) is 27.3. The fourth-order valence-corrected chi connectivity index (χ4v) is 7.77. The maximum atomic E-state index is 13.8. The van der Waals surface area contributed by atoms with Gasteiger partial charge in [-0.3, -0.25) is 52.1 Å². The molecule has 21 nitrogen and oxygen atoms in total. The molecule has 2 amide bonds. The van der Waals surface area contributed by atoms with Gasteiger partial charge >= 0.3 is 17.9 Å². The van der Waals surface area contributed by atoms with E-state index in [-0.39, 0.29) is 52.2 Å². The van der Waals surface area contributed by atoms with E-state index in [0.29, 0.717) is 36.8 Å². The van der Waals surface area contributed by atoms with Gasteiger partial charge in [-0.05, 0) is 30.7 Å². The van der Waals surface area contributed by atoms with E-state index in [4.69, 9.17) is 23.7 Å². The predicted molar refractivity (Wildman–Crippen MR) is 185 cm³/mol. The number of anilines is 1. The number of aromatic nitrogens is 2. The van der Waals surface area contributed by atoms with Gasteiger partial charge < -0.3 is 38.8 Å². The van der Waals surface area contributed by atoms with Crippen LogP contribution in [0.25, 0.3) is 10.5 Å². The number of benzene rings is 1. The molecule has 2 aliphatic rings. The lowest BCUT2D eigenvalue weighted by atomic mass is 10.2. The van der Waals surface area contributed by atoms with Crippen molar-refractivity contribution >= 4 is 78.4 Å². The lowest BCUT2D eigenvalue weighted by Crippen LogP contribution is -2.36. The van der Waals surface area contributed by atoms with E-state index in [1.165, 1.54) is 38.2 Å². The number of nitrogens with zero attached hydrogens (tertiary/aromatic N) is 4. The van der Waals surface area contributed by atoms with Crippen molar-refractivity contribution in [3.8, 4) is 17.2 Å². The molecule has 1 fully saturated rings. The van der Waals surface area contributed by atoms with E-state index in [9.17, 15) is 56.7 Å². The lowest BCUT2D eigenvalue weighted by Gasteiger charge is -2.18. The summed E-state index contributed by atoms with van der Waals surface area (Å²) < 4.78 is 55.2. The van der Waals surface area contributed by atoms with E-state index in [1.54, 1.807) is 6.07 Å². The van der Waals surface area contributed by atoms with Gasteiger partial charge in [0, 0.05) is 24.8 Å². The normalized spacial score (nSPS) is 17.1. The summed E-state index contributed by atoms with van der Waals surface area (Å²) in [5.74, 6) is -5.58. The molecule has 1 aromatic carbocycles. The van der Waals surface area contributed by atoms with Crippen LogP contribution in [-0.4, -0.2) is 104 Å². The predicted octanol–water partition coefficient (Wildman–Crippen LogP) is -0.785. The Balaban J connectivity index is 1.78. The van der Waals surface area contributed by atoms with E-state index < -0.39 is 96.2 Å². The highest BCUT2D eigenvalue weighted by Gasteiger charge is 2.39. The average molecular weight is 813 g/mol. The standard InChI is InChI=1S/C30H28N4O17S3/c1-13(7-18-31(5-4-6-54(45,46)47)14-8-16(48-2)17(49-3)9-15(14)50-18)23-26(42)33(11-20(37)38)29(52-23)22-25(41)32(10-19(35)36)28(51-22)24-27(43)34(12-21(39)40)30(44)53-24/h7-9H,4-6,10-12H2,1-3H3,(H,35,36)(H,37,38)(H,39,40)(H,45,46,47)/b18-7?,23-13?,28-24?,29-22+. The number of hydrogen-bond donors (Lipinski definition) is 4. The minimum atomic E-state index is -4.33. The summed E-state index contributed by atoms with van der Waals surface area (Å²) in [5.41, 5.74) is -3.13. The number of amides is 2. The van der Waals surface area contributed by atoms with Crippen LogP contribution in [-0.2, 0) is 42.4 Å². The van der Waals surface area contributed by atoms with Gasteiger partial charge in [0.05, 0.1) is 30.2 Å². The quantitative estimate of drug-likeness (QED) is 0.154. The molecule has 0 spiro atoms. The van der Waals surface area contributed by atoms with Gasteiger partial charge in [0.25, 0.3) is 32.4 Å². The maximum Gasteiger partial charge on any atom is 0.323 e. The molecule has 2 aliphatic heterocycles. The number of carbonyl (C=O) groups excluding carboxylic acids is 2. The van der Waals surface area contributed by atoms with E-state index in [0.717, 1.165) is 0 Å². The Kier molecular flexibility index (Phi) is 11.1. The Morgan fingerprint density at radius 3 is 2.09 bits per heavy atom. The van der Waals surface area contributed by atoms with Crippen molar-refractivity contribution in [3.05, 3.63) is 65.0 Å². The largest absolute Gasteiger partial charge is 0.493 e. The van der Waals surface area contributed by atoms with E-state index in [2.05, 4.69) is 0 Å². The Bertz CT molecular complexity index is 2620. The summed E-state index contributed by atoms with van der Waals surface area (Å²) in [6, 6.07) is 3.05. The van der Waals surface area contributed by atoms with Gasteiger partial charge in [-0.25, -0.2) is 0 Å². The number of aliphatic carboxylic acids is 3. The van der Waals surface area contributed by atoms with Gasteiger partial charge in [0.15, 0.2) is 17.2 Å². The summed E-state index contributed by atoms with van der Waals surface area (Å²) in [7, 11) is -1.55. The molecule has 24 heteroatoms. The van der Waals surface area contributed by atoms with Crippen LogP contribution < -0.4 is 40.3 Å². The minimum Gasteiger partial charge on any atom is -0.493 e. The number of hydrogen-bond acceptors (Lipinski definition) is 16. The van der Waals surface area contributed by atoms with Crippen molar-refractivity contribution in [2.75, 3.05) is 38.0 Å².